The predicted molar refractivity (Wildman–Crippen MR) is 103 cm³/mol. The molecule has 0 aliphatic carbocycles. The van der Waals surface area contributed by atoms with Gasteiger partial charge in [0.05, 0.1) is 6.54 Å². The van der Waals surface area contributed by atoms with Gasteiger partial charge >= 0.3 is 0 Å². The van der Waals surface area contributed by atoms with Gasteiger partial charge < -0.3 is 15.5 Å². The molecule has 0 aliphatic rings. The third-order valence-electron chi connectivity index (χ3n) is 3.90. The number of aryl methyl sites for hydroxylation is 1. The zero-order valence-electron chi connectivity index (χ0n) is 14.4. The standard InChI is InChI=1S/C19H24ClN3O/c1-4-23(5-2)17-10-8-15(9-11-17)21-13-19(24)22-16-7-6-14(3)18(20)12-16/h6-12,21H,4-5,13H2,1-3H3,(H,22,24). The Labute approximate surface area is 148 Å². The number of hydrogen-bond donors (Lipinski definition) is 2. The summed E-state index contributed by atoms with van der Waals surface area (Å²) in [5, 5.41) is 6.61. The summed E-state index contributed by atoms with van der Waals surface area (Å²) in [5.41, 5.74) is 3.79. The number of hydrogen-bond acceptors (Lipinski definition) is 3. The first kappa shape index (κ1) is 18.1. The molecule has 128 valence electrons. The molecule has 0 spiro atoms. The maximum absolute atomic E-state index is 12.0. The fourth-order valence-corrected chi connectivity index (χ4v) is 2.62. The maximum atomic E-state index is 12.0. The molecule has 24 heavy (non-hydrogen) atoms. The highest BCUT2D eigenvalue weighted by molar-refractivity contribution is 6.31. The first-order valence-corrected chi connectivity index (χ1v) is 8.56. The SMILES string of the molecule is CCN(CC)c1ccc(NCC(=O)Nc2ccc(C)c(Cl)c2)cc1. The van der Waals surface area contributed by atoms with Crippen LogP contribution in [0.1, 0.15) is 19.4 Å². The second-order valence-electron chi connectivity index (χ2n) is 5.58. The molecule has 2 rings (SSSR count). The Morgan fingerprint density at radius 3 is 2.25 bits per heavy atom. The molecule has 5 heteroatoms. The van der Waals surface area contributed by atoms with Gasteiger partial charge in [-0.3, -0.25) is 4.79 Å². The number of amides is 1. The van der Waals surface area contributed by atoms with Crippen LogP contribution in [0.25, 0.3) is 0 Å². The van der Waals surface area contributed by atoms with Crippen LogP contribution < -0.4 is 15.5 Å². The van der Waals surface area contributed by atoms with Crippen LogP contribution >= 0.6 is 11.6 Å². The van der Waals surface area contributed by atoms with E-state index in [-0.39, 0.29) is 12.5 Å². The number of anilines is 3. The lowest BCUT2D eigenvalue weighted by Gasteiger charge is -2.21. The number of nitrogens with one attached hydrogen (secondary N) is 2. The molecule has 0 aliphatic heterocycles. The van der Waals surface area contributed by atoms with E-state index in [1.54, 1.807) is 6.07 Å². The van der Waals surface area contributed by atoms with Gasteiger partial charge in [-0.05, 0) is 62.7 Å². The van der Waals surface area contributed by atoms with Crippen molar-refractivity contribution >= 4 is 34.6 Å². The zero-order valence-corrected chi connectivity index (χ0v) is 15.2. The van der Waals surface area contributed by atoms with Crippen LogP contribution in [0.3, 0.4) is 0 Å². The van der Waals surface area contributed by atoms with E-state index in [9.17, 15) is 4.79 Å². The van der Waals surface area contributed by atoms with E-state index in [1.165, 1.54) is 5.69 Å². The van der Waals surface area contributed by atoms with Gasteiger partial charge in [-0.15, -0.1) is 0 Å². The van der Waals surface area contributed by atoms with Crippen molar-refractivity contribution in [1.29, 1.82) is 0 Å². The molecule has 4 nitrogen and oxygen atoms in total. The Bertz CT molecular complexity index is 682. The lowest BCUT2D eigenvalue weighted by Crippen LogP contribution is -2.22. The number of halogens is 1. The zero-order chi connectivity index (χ0) is 17.5. The first-order valence-electron chi connectivity index (χ1n) is 8.18. The van der Waals surface area contributed by atoms with Crippen molar-refractivity contribution in [1.82, 2.24) is 0 Å². The van der Waals surface area contributed by atoms with E-state index in [1.807, 2.05) is 31.2 Å². The van der Waals surface area contributed by atoms with Crippen LogP contribution in [0.2, 0.25) is 5.02 Å². The fraction of sp³-hybridized carbons (Fsp3) is 0.316. The molecule has 1 amide bonds. The van der Waals surface area contributed by atoms with E-state index in [0.717, 1.165) is 24.3 Å². The molecule has 0 bridgehead atoms. The van der Waals surface area contributed by atoms with Crippen molar-refractivity contribution in [2.75, 3.05) is 35.2 Å². The minimum absolute atomic E-state index is 0.109. The Kier molecular flexibility index (Phi) is 6.50. The van der Waals surface area contributed by atoms with Crippen molar-refractivity contribution in [3.63, 3.8) is 0 Å². The van der Waals surface area contributed by atoms with Crippen LogP contribution in [-0.4, -0.2) is 25.5 Å². The largest absolute Gasteiger partial charge is 0.376 e. The highest BCUT2D eigenvalue weighted by Gasteiger charge is 2.05. The Morgan fingerprint density at radius 1 is 1.04 bits per heavy atom. The van der Waals surface area contributed by atoms with E-state index in [2.05, 4.69) is 41.5 Å². The highest BCUT2D eigenvalue weighted by atomic mass is 35.5. The van der Waals surface area contributed by atoms with Crippen LogP contribution in [0.4, 0.5) is 17.1 Å². The van der Waals surface area contributed by atoms with Crippen LogP contribution in [0, 0.1) is 6.92 Å². The molecule has 0 aromatic heterocycles. The summed E-state index contributed by atoms with van der Waals surface area (Å²) in [6.45, 7) is 8.36. The van der Waals surface area contributed by atoms with Gasteiger partial charge in [-0.25, -0.2) is 0 Å². The maximum Gasteiger partial charge on any atom is 0.243 e. The van der Waals surface area contributed by atoms with Gasteiger partial charge in [-0.2, -0.15) is 0 Å². The molecule has 0 radical (unpaired) electrons. The summed E-state index contributed by atoms with van der Waals surface area (Å²) in [5.74, 6) is -0.109. The third-order valence-corrected chi connectivity index (χ3v) is 4.31. The normalized spacial score (nSPS) is 10.3. The number of carbonyl (C=O) groups is 1. The minimum Gasteiger partial charge on any atom is -0.376 e. The Balaban J connectivity index is 1.88. The van der Waals surface area contributed by atoms with Crippen molar-refractivity contribution in [2.24, 2.45) is 0 Å². The van der Waals surface area contributed by atoms with Gasteiger partial charge in [0.2, 0.25) is 5.91 Å². The molecule has 2 aromatic carbocycles. The van der Waals surface area contributed by atoms with Gasteiger partial charge in [0.25, 0.3) is 0 Å². The predicted octanol–water partition coefficient (Wildman–Crippen LogP) is 4.55. The summed E-state index contributed by atoms with van der Waals surface area (Å²) >= 11 is 6.06. The summed E-state index contributed by atoms with van der Waals surface area (Å²) in [4.78, 5) is 14.3. The van der Waals surface area contributed by atoms with Crippen molar-refractivity contribution < 1.29 is 4.79 Å². The van der Waals surface area contributed by atoms with E-state index in [0.29, 0.717) is 10.7 Å². The lowest BCUT2D eigenvalue weighted by atomic mass is 10.2. The molecular formula is C19H24ClN3O. The topological polar surface area (TPSA) is 44.4 Å². The summed E-state index contributed by atoms with van der Waals surface area (Å²) < 4.78 is 0. The van der Waals surface area contributed by atoms with Gasteiger partial charge in [0.1, 0.15) is 0 Å². The average molecular weight is 346 g/mol. The molecule has 0 saturated carbocycles. The average Bonchev–Trinajstić information content (AvgIpc) is 2.58. The van der Waals surface area contributed by atoms with Gasteiger partial charge in [0, 0.05) is 35.2 Å². The first-order chi connectivity index (χ1) is 11.5. The number of nitrogens with zero attached hydrogens (tertiary/aromatic N) is 1. The van der Waals surface area contributed by atoms with E-state index in [4.69, 9.17) is 11.6 Å². The van der Waals surface area contributed by atoms with Crippen molar-refractivity contribution in [2.45, 2.75) is 20.8 Å². The third kappa shape index (κ3) is 4.90. The van der Waals surface area contributed by atoms with Crippen LogP contribution in [0.15, 0.2) is 42.5 Å². The van der Waals surface area contributed by atoms with E-state index < -0.39 is 0 Å². The number of carbonyl (C=O) groups excluding carboxylic acids is 1. The monoisotopic (exact) mass is 345 g/mol. The van der Waals surface area contributed by atoms with Crippen LogP contribution in [-0.2, 0) is 4.79 Å². The molecule has 0 atom stereocenters. The molecule has 2 N–H and O–H groups in total. The summed E-state index contributed by atoms with van der Waals surface area (Å²) in [7, 11) is 0. The quantitative estimate of drug-likeness (QED) is 0.774. The van der Waals surface area contributed by atoms with Crippen molar-refractivity contribution in [3.8, 4) is 0 Å². The number of benzene rings is 2. The second kappa shape index (κ2) is 8.60. The summed E-state index contributed by atoms with van der Waals surface area (Å²) in [6, 6.07) is 13.6. The molecule has 0 fully saturated rings. The minimum atomic E-state index is -0.109. The second-order valence-corrected chi connectivity index (χ2v) is 5.99. The van der Waals surface area contributed by atoms with E-state index >= 15 is 0 Å². The lowest BCUT2D eigenvalue weighted by molar-refractivity contribution is -0.114. The Hall–Kier alpha value is -2.20. The van der Waals surface area contributed by atoms with Crippen LogP contribution in [0.5, 0.6) is 0 Å². The summed E-state index contributed by atoms with van der Waals surface area (Å²) in [6.07, 6.45) is 0. The molecule has 0 heterocycles. The van der Waals surface area contributed by atoms with Gasteiger partial charge in [0.15, 0.2) is 0 Å². The van der Waals surface area contributed by atoms with Crippen molar-refractivity contribution in [3.05, 3.63) is 53.1 Å². The van der Waals surface area contributed by atoms with Gasteiger partial charge in [-0.1, -0.05) is 17.7 Å². The molecule has 0 unspecified atom stereocenters. The smallest absolute Gasteiger partial charge is 0.243 e. The number of rotatable bonds is 7. The molecule has 0 saturated heterocycles. The highest BCUT2D eigenvalue weighted by Crippen LogP contribution is 2.20. The molecular weight excluding hydrogens is 322 g/mol. The fourth-order valence-electron chi connectivity index (χ4n) is 2.44. The Morgan fingerprint density at radius 2 is 1.67 bits per heavy atom. The molecule has 2 aromatic rings.